The lowest BCUT2D eigenvalue weighted by atomic mass is 10.1. The first-order valence-corrected chi connectivity index (χ1v) is 8.76. The second kappa shape index (κ2) is 8.91. The zero-order valence-corrected chi connectivity index (χ0v) is 15.0. The summed E-state index contributed by atoms with van der Waals surface area (Å²) in [4.78, 5) is 25.5. The number of halogens is 1. The van der Waals surface area contributed by atoms with Crippen molar-refractivity contribution in [1.82, 2.24) is 10.2 Å². The summed E-state index contributed by atoms with van der Waals surface area (Å²) in [6, 6.07) is 5.87. The van der Waals surface area contributed by atoms with Crippen molar-refractivity contribution in [2.75, 3.05) is 26.7 Å². The van der Waals surface area contributed by atoms with Gasteiger partial charge in [0.2, 0.25) is 11.8 Å². The second-order valence-electron chi connectivity index (χ2n) is 5.69. The summed E-state index contributed by atoms with van der Waals surface area (Å²) < 4.78 is 6.10. The van der Waals surface area contributed by atoms with E-state index in [4.69, 9.17) is 4.74 Å². The molecule has 0 spiro atoms. The summed E-state index contributed by atoms with van der Waals surface area (Å²) in [5.74, 6) is 0.794. The van der Waals surface area contributed by atoms with Crippen LogP contribution in [0, 0.1) is 0 Å². The van der Waals surface area contributed by atoms with Crippen LogP contribution in [0.4, 0.5) is 0 Å². The van der Waals surface area contributed by atoms with Gasteiger partial charge >= 0.3 is 0 Å². The van der Waals surface area contributed by atoms with E-state index in [0.29, 0.717) is 19.5 Å². The Morgan fingerprint density at radius 1 is 1.35 bits per heavy atom. The number of benzene rings is 1. The van der Waals surface area contributed by atoms with Crippen molar-refractivity contribution in [1.29, 1.82) is 0 Å². The molecule has 126 valence electrons. The number of amides is 2. The lowest BCUT2D eigenvalue weighted by Gasteiger charge is -2.19. The fourth-order valence-corrected chi connectivity index (χ4v) is 3.23. The van der Waals surface area contributed by atoms with Crippen molar-refractivity contribution in [2.45, 2.75) is 32.1 Å². The first-order valence-electron chi connectivity index (χ1n) is 7.97. The molecule has 0 atom stereocenters. The molecule has 1 aromatic carbocycles. The highest BCUT2D eigenvalue weighted by Crippen LogP contribution is 2.25. The molecule has 0 aliphatic carbocycles. The maximum absolute atomic E-state index is 12.0. The van der Waals surface area contributed by atoms with Crippen LogP contribution >= 0.6 is 15.9 Å². The number of carbonyl (C=O) groups excluding carboxylic acids is 2. The van der Waals surface area contributed by atoms with Crippen LogP contribution in [-0.4, -0.2) is 43.5 Å². The largest absolute Gasteiger partial charge is 0.496 e. The van der Waals surface area contributed by atoms with Gasteiger partial charge in [-0.2, -0.15) is 0 Å². The van der Waals surface area contributed by atoms with Crippen LogP contribution in [0.5, 0.6) is 5.75 Å². The molecule has 2 rings (SSSR count). The minimum atomic E-state index is -0.0900. The fraction of sp³-hybridized carbons (Fsp3) is 0.529. The molecule has 1 aliphatic heterocycles. The van der Waals surface area contributed by atoms with Gasteiger partial charge in [0, 0.05) is 19.5 Å². The van der Waals surface area contributed by atoms with Crippen LogP contribution in [0.1, 0.15) is 31.2 Å². The number of hydrogen-bond acceptors (Lipinski definition) is 3. The van der Waals surface area contributed by atoms with Gasteiger partial charge in [0.05, 0.1) is 18.1 Å². The summed E-state index contributed by atoms with van der Waals surface area (Å²) in [5, 5.41) is 2.89. The molecule has 5 nitrogen and oxygen atoms in total. The van der Waals surface area contributed by atoms with E-state index in [1.807, 2.05) is 18.2 Å². The van der Waals surface area contributed by atoms with Crippen LogP contribution in [0.15, 0.2) is 22.7 Å². The Kier molecular flexibility index (Phi) is 6.89. The standard InChI is InChI=1S/C17H23BrN2O3/c1-23-15-7-6-13(11-14(15)18)8-9-19-16(21)12-20-10-4-2-3-5-17(20)22/h6-7,11H,2-5,8-10,12H2,1H3,(H,19,21). The molecule has 1 heterocycles. The Hall–Kier alpha value is -1.56. The van der Waals surface area contributed by atoms with E-state index in [2.05, 4.69) is 21.2 Å². The smallest absolute Gasteiger partial charge is 0.239 e. The van der Waals surface area contributed by atoms with Gasteiger partial charge in [-0.3, -0.25) is 9.59 Å². The highest BCUT2D eigenvalue weighted by atomic mass is 79.9. The van der Waals surface area contributed by atoms with Crippen molar-refractivity contribution in [2.24, 2.45) is 0 Å². The summed E-state index contributed by atoms with van der Waals surface area (Å²) >= 11 is 3.45. The van der Waals surface area contributed by atoms with E-state index in [9.17, 15) is 9.59 Å². The molecule has 1 aromatic rings. The maximum Gasteiger partial charge on any atom is 0.239 e. The maximum atomic E-state index is 12.0. The Bertz CT molecular complexity index is 563. The average molecular weight is 383 g/mol. The van der Waals surface area contributed by atoms with Gasteiger partial charge in [-0.05, 0) is 52.9 Å². The van der Waals surface area contributed by atoms with Gasteiger partial charge in [0.15, 0.2) is 0 Å². The number of nitrogens with one attached hydrogen (secondary N) is 1. The lowest BCUT2D eigenvalue weighted by molar-refractivity contribution is -0.135. The number of carbonyl (C=O) groups is 2. The molecule has 0 radical (unpaired) electrons. The fourth-order valence-electron chi connectivity index (χ4n) is 2.65. The van der Waals surface area contributed by atoms with E-state index in [1.165, 1.54) is 0 Å². The number of methoxy groups -OCH3 is 1. The van der Waals surface area contributed by atoms with Crippen molar-refractivity contribution >= 4 is 27.7 Å². The number of ether oxygens (including phenoxy) is 1. The van der Waals surface area contributed by atoms with Crippen LogP contribution in [0.2, 0.25) is 0 Å². The molecule has 0 unspecified atom stereocenters. The van der Waals surface area contributed by atoms with E-state index in [-0.39, 0.29) is 18.4 Å². The second-order valence-corrected chi connectivity index (χ2v) is 6.55. The molecular weight excluding hydrogens is 360 g/mol. The van der Waals surface area contributed by atoms with Crippen molar-refractivity contribution in [3.05, 3.63) is 28.2 Å². The van der Waals surface area contributed by atoms with Crippen LogP contribution < -0.4 is 10.1 Å². The third-order valence-electron chi connectivity index (χ3n) is 3.96. The van der Waals surface area contributed by atoms with Gasteiger partial charge < -0.3 is 15.0 Å². The molecule has 1 fully saturated rings. The van der Waals surface area contributed by atoms with Gasteiger partial charge in [0.1, 0.15) is 5.75 Å². The molecule has 0 aromatic heterocycles. The number of likely N-dealkylation sites (tertiary alicyclic amines) is 1. The van der Waals surface area contributed by atoms with Crippen molar-refractivity contribution in [3.63, 3.8) is 0 Å². The minimum absolute atomic E-state index is 0.0900. The first-order chi connectivity index (χ1) is 11.1. The van der Waals surface area contributed by atoms with Crippen molar-refractivity contribution < 1.29 is 14.3 Å². The highest BCUT2D eigenvalue weighted by Gasteiger charge is 2.18. The summed E-state index contributed by atoms with van der Waals surface area (Å²) in [6.45, 7) is 1.42. The third-order valence-corrected chi connectivity index (χ3v) is 4.58. The van der Waals surface area contributed by atoms with E-state index >= 15 is 0 Å². The first kappa shape index (κ1) is 17.8. The zero-order chi connectivity index (χ0) is 16.7. The molecule has 0 saturated carbocycles. The molecule has 2 amide bonds. The monoisotopic (exact) mass is 382 g/mol. The molecule has 1 N–H and O–H groups in total. The molecule has 1 aliphatic rings. The molecular formula is C17H23BrN2O3. The summed E-state index contributed by atoms with van der Waals surface area (Å²) in [7, 11) is 1.63. The van der Waals surface area contributed by atoms with E-state index in [0.717, 1.165) is 41.5 Å². The van der Waals surface area contributed by atoms with Gasteiger partial charge in [0.25, 0.3) is 0 Å². The summed E-state index contributed by atoms with van der Waals surface area (Å²) in [5.41, 5.74) is 1.11. The molecule has 0 bridgehead atoms. The topological polar surface area (TPSA) is 58.6 Å². The van der Waals surface area contributed by atoms with Crippen molar-refractivity contribution in [3.8, 4) is 5.75 Å². The predicted molar refractivity (Wildman–Crippen MR) is 92.5 cm³/mol. The predicted octanol–water partition coefficient (Wildman–Crippen LogP) is 2.52. The Balaban J connectivity index is 1.76. The van der Waals surface area contributed by atoms with Crippen LogP contribution in [-0.2, 0) is 16.0 Å². The van der Waals surface area contributed by atoms with E-state index in [1.54, 1.807) is 12.0 Å². The lowest BCUT2D eigenvalue weighted by Crippen LogP contribution is -2.41. The number of hydrogen-bond donors (Lipinski definition) is 1. The number of rotatable bonds is 6. The minimum Gasteiger partial charge on any atom is -0.496 e. The highest BCUT2D eigenvalue weighted by molar-refractivity contribution is 9.10. The average Bonchev–Trinajstić information content (AvgIpc) is 2.72. The number of nitrogens with zero attached hydrogens (tertiary/aromatic N) is 1. The van der Waals surface area contributed by atoms with Gasteiger partial charge in [-0.25, -0.2) is 0 Å². The molecule has 23 heavy (non-hydrogen) atoms. The van der Waals surface area contributed by atoms with E-state index < -0.39 is 0 Å². The quantitative estimate of drug-likeness (QED) is 0.822. The van der Waals surface area contributed by atoms with Gasteiger partial charge in [-0.1, -0.05) is 12.5 Å². The van der Waals surface area contributed by atoms with Crippen LogP contribution in [0.3, 0.4) is 0 Å². The third kappa shape index (κ3) is 5.53. The SMILES string of the molecule is COc1ccc(CCNC(=O)CN2CCCCCC2=O)cc1Br. The summed E-state index contributed by atoms with van der Waals surface area (Å²) in [6.07, 6.45) is 4.29. The van der Waals surface area contributed by atoms with Gasteiger partial charge in [-0.15, -0.1) is 0 Å². The zero-order valence-electron chi connectivity index (χ0n) is 13.4. The Morgan fingerprint density at radius 2 is 2.17 bits per heavy atom. The molecule has 6 heteroatoms. The Morgan fingerprint density at radius 3 is 2.91 bits per heavy atom. The Labute approximate surface area is 145 Å². The normalized spacial score (nSPS) is 15.2. The molecule has 1 saturated heterocycles. The van der Waals surface area contributed by atoms with Crippen LogP contribution in [0.25, 0.3) is 0 Å².